The maximum atomic E-state index is 4.89. The van der Waals surface area contributed by atoms with Crippen LogP contribution in [0.4, 0.5) is 34.1 Å². The maximum absolute atomic E-state index is 4.89. The third kappa shape index (κ3) is 5.07. The highest BCUT2D eigenvalue weighted by atomic mass is 15.4. The molecule has 1 aliphatic rings. The van der Waals surface area contributed by atoms with Crippen molar-refractivity contribution in [3.63, 3.8) is 0 Å². The molecule has 0 N–H and O–H groups in total. The Balaban J connectivity index is 1.30. The predicted molar refractivity (Wildman–Crippen MR) is 203 cm³/mol. The molecule has 0 aliphatic carbocycles. The average Bonchev–Trinajstić information content (AvgIpc) is 3.66. The summed E-state index contributed by atoms with van der Waals surface area (Å²) in [7, 11) is 0. The fourth-order valence-corrected chi connectivity index (χ4v) is 7.09. The Morgan fingerprint density at radius 1 is 0.625 bits per heavy atom. The Kier molecular flexibility index (Phi) is 7.21. The number of para-hydroxylation sites is 4. The lowest BCUT2D eigenvalue weighted by molar-refractivity contribution is 0.518. The molecule has 0 fully saturated rings. The fraction of sp³-hybridized carbons (Fsp3) is 0.186. The molecule has 238 valence electrons. The van der Waals surface area contributed by atoms with Crippen LogP contribution in [0.15, 0.2) is 140 Å². The fourth-order valence-electron chi connectivity index (χ4n) is 7.09. The second-order valence-electron chi connectivity index (χ2n) is 14.0. The van der Waals surface area contributed by atoms with Crippen molar-refractivity contribution in [3.8, 4) is 5.82 Å². The summed E-state index contributed by atoms with van der Waals surface area (Å²) in [6.45, 7) is 12.1. The quantitative estimate of drug-likeness (QED) is 0.183. The Labute approximate surface area is 283 Å². The van der Waals surface area contributed by atoms with E-state index in [1.54, 1.807) is 0 Å². The molecule has 0 radical (unpaired) electrons. The second-order valence-corrected chi connectivity index (χ2v) is 14.0. The van der Waals surface area contributed by atoms with Gasteiger partial charge in [-0.05, 0) is 105 Å². The van der Waals surface area contributed by atoms with Gasteiger partial charge in [0, 0.05) is 45.3 Å². The molecule has 8 rings (SSSR count). The number of hydrogen-bond donors (Lipinski definition) is 0. The largest absolute Gasteiger partial charge is 0.347 e. The summed E-state index contributed by atoms with van der Waals surface area (Å²) in [5.41, 5.74) is 10.5. The van der Waals surface area contributed by atoms with Crippen molar-refractivity contribution in [2.45, 2.75) is 46.1 Å². The minimum atomic E-state index is -0.00402. The topological polar surface area (TPSA) is 27.5 Å². The van der Waals surface area contributed by atoms with Crippen LogP contribution in [-0.2, 0) is 0 Å². The summed E-state index contributed by atoms with van der Waals surface area (Å²) in [6, 6.07) is 48.2. The van der Waals surface area contributed by atoms with Crippen LogP contribution < -0.4 is 14.7 Å². The van der Waals surface area contributed by atoms with Gasteiger partial charge in [0.15, 0.2) is 0 Å². The molecule has 5 heteroatoms. The first-order valence-electron chi connectivity index (χ1n) is 16.9. The van der Waals surface area contributed by atoms with E-state index in [1.807, 2.05) is 6.20 Å². The van der Waals surface area contributed by atoms with E-state index in [1.165, 1.54) is 27.7 Å². The Morgan fingerprint density at radius 3 is 2.10 bits per heavy atom. The zero-order valence-electron chi connectivity index (χ0n) is 28.3. The number of hydrogen-bond acceptors (Lipinski definition) is 4. The minimum absolute atomic E-state index is 0.00402. The van der Waals surface area contributed by atoms with Gasteiger partial charge in [0.1, 0.15) is 5.82 Å². The van der Waals surface area contributed by atoms with E-state index in [0.717, 1.165) is 46.3 Å². The summed E-state index contributed by atoms with van der Waals surface area (Å²) in [5, 5.41) is 2.43. The van der Waals surface area contributed by atoms with Crippen LogP contribution >= 0.6 is 0 Å². The van der Waals surface area contributed by atoms with Crippen molar-refractivity contribution in [2.75, 3.05) is 21.4 Å². The van der Waals surface area contributed by atoms with Crippen LogP contribution in [0.5, 0.6) is 0 Å². The zero-order valence-corrected chi connectivity index (χ0v) is 28.3. The van der Waals surface area contributed by atoms with Gasteiger partial charge in [0.25, 0.3) is 0 Å². The minimum Gasteiger partial charge on any atom is -0.347 e. The second kappa shape index (κ2) is 11.6. The molecular weight excluding hydrogens is 587 g/mol. The van der Waals surface area contributed by atoms with Gasteiger partial charge in [-0.3, -0.25) is 4.57 Å². The Hall–Kier alpha value is -5.55. The van der Waals surface area contributed by atoms with Gasteiger partial charge >= 0.3 is 0 Å². The Morgan fingerprint density at radius 2 is 1.31 bits per heavy atom. The number of benzene rings is 5. The highest BCUT2D eigenvalue weighted by molar-refractivity contribution is 6.10. The number of fused-ring (bicyclic) bond motifs is 4. The molecule has 0 bridgehead atoms. The first-order chi connectivity index (χ1) is 23.3. The van der Waals surface area contributed by atoms with E-state index in [4.69, 9.17) is 4.98 Å². The van der Waals surface area contributed by atoms with E-state index >= 15 is 0 Å². The standard InChI is InChI=1S/C43H41N5/c1-30(2)31-24-25-44-42(26-31)48-38-19-10-9-18-36(38)37-23-22-35(28-41(37)48)47(32-14-7-6-8-15-32)34-17-13-16-33(27-34)45-29-46(43(3,4)5)40-21-12-11-20-39(40)45/h6-28,30H,29H2,1-5H3. The van der Waals surface area contributed by atoms with E-state index in [2.05, 4.69) is 187 Å². The number of aromatic nitrogens is 2. The summed E-state index contributed by atoms with van der Waals surface area (Å²) < 4.78 is 2.32. The first-order valence-corrected chi connectivity index (χ1v) is 16.9. The number of pyridine rings is 1. The molecule has 48 heavy (non-hydrogen) atoms. The summed E-state index contributed by atoms with van der Waals surface area (Å²) in [5.74, 6) is 1.35. The van der Waals surface area contributed by atoms with Crippen molar-refractivity contribution in [2.24, 2.45) is 0 Å². The average molecular weight is 628 g/mol. The predicted octanol–water partition coefficient (Wildman–Crippen LogP) is 11.5. The van der Waals surface area contributed by atoms with Gasteiger partial charge in [-0.25, -0.2) is 4.98 Å². The van der Waals surface area contributed by atoms with Crippen molar-refractivity contribution in [1.82, 2.24) is 9.55 Å². The van der Waals surface area contributed by atoms with Crippen molar-refractivity contribution in [1.29, 1.82) is 0 Å². The van der Waals surface area contributed by atoms with Crippen LogP contribution in [0.25, 0.3) is 27.6 Å². The van der Waals surface area contributed by atoms with Crippen molar-refractivity contribution < 1.29 is 0 Å². The molecule has 1 aliphatic heterocycles. The molecule has 0 saturated heterocycles. The lowest BCUT2D eigenvalue weighted by atomic mass is 10.1. The van der Waals surface area contributed by atoms with E-state index in [9.17, 15) is 0 Å². The molecule has 0 unspecified atom stereocenters. The molecular formula is C43H41N5. The van der Waals surface area contributed by atoms with Gasteiger partial charge in [0.2, 0.25) is 0 Å². The molecule has 0 saturated carbocycles. The van der Waals surface area contributed by atoms with Crippen LogP contribution in [0.1, 0.15) is 46.1 Å². The van der Waals surface area contributed by atoms with E-state index in [0.29, 0.717) is 5.92 Å². The van der Waals surface area contributed by atoms with Gasteiger partial charge < -0.3 is 14.7 Å². The summed E-state index contributed by atoms with van der Waals surface area (Å²) in [6.07, 6.45) is 1.94. The van der Waals surface area contributed by atoms with Gasteiger partial charge in [0.05, 0.1) is 29.1 Å². The van der Waals surface area contributed by atoms with Crippen LogP contribution in [0, 0.1) is 0 Å². The Bertz CT molecular complexity index is 2260. The molecule has 5 aromatic carbocycles. The first kappa shape index (κ1) is 29.8. The third-order valence-corrected chi connectivity index (χ3v) is 9.55. The normalized spacial score (nSPS) is 13.1. The SMILES string of the molecule is CC(C)c1ccnc(-n2c3ccccc3c3ccc(N(c4ccccc4)c4cccc(N5CN(C(C)(C)C)c6ccccc65)c4)cc32)c1. The molecule has 3 heterocycles. The van der Waals surface area contributed by atoms with Crippen LogP contribution in [0.3, 0.4) is 0 Å². The third-order valence-electron chi connectivity index (χ3n) is 9.55. The maximum Gasteiger partial charge on any atom is 0.137 e. The number of rotatable bonds is 6. The number of anilines is 6. The lowest BCUT2D eigenvalue weighted by Crippen LogP contribution is -2.42. The van der Waals surface area contributed by atoms with Crippen LogP contribution in [0.2, 0.25) is 0 Å². The molecule has 0 amide bonds. The van der Waals surface area contributed by atoms with Crippen molar-refractivity contribution >= 4 is 55.9 Å². The smallest absolute Gasteiger partial charge is 0.137 e. The van der Waals surface area contributed by atoms with Crippen molar-refractivity contribution in [3.05, 3.63) is 145 Å². The van der Waals surface area contributed by atoms with E-state index in [-0.39, 0.29) is 5.54 Å². The lowest BCUT2D eigenvalue weighted by Gasteiger charge is -2.34. The highest BCUT2D eigenvalue weighted by Crippen LogP contribution is 2.45. The molecule has 0 spiro atoms. The van der Waals surface area contributed by atoms with E-state index < -0.39 is 0 Å². The number of nitrogens with zero attached hydrogens (tertiary/aromatic N) is 5. The molecule has 0 atom stereocenters. The van der Waals surface area contributed by atoms with Gasteiger partial charge in [-0.2, -0.15) is 0 Å². The van der Waals surface area contributed by atoms with Gasteiger partial charge in [-0.15, -0.1) is 0 Å². The summed E-state index contributed by atoms with van der Waals surface area (Å²) in [4.78, 5) is 12.2. The highest BCUT2D eigenvalue weighted by Gasteiger charge is 2.33. The summed E-state index contributed by atoms with van der Waals surface area (Å²) >= 11 is 0. The zero-order chi connectivity index (χ0) is 33.0. The van der Waals surface area contributed by atoms with Gasteiger partial charge in [-0.1, -0.05) is 74.5 Å². The van der Waals surface area contributed by atoms with Crippen LogP contribution in [-0.4, -0.2) is 21.8 Å². The monoisotopic (exact) mass is 627 g/mol. The molecule has 5 nitrogen and oxygen atoms in total. The molecule has 2 aromatic heterocycles. The molecule has 7 aromatic rings.